The minimum Gasteiger partial charge on any atom is -0.480 e. The number of carbonyl (C=O) groups is 2. The molecule has 5 heteroatoms. The van der Waals surface area contributed by atoms with Crippen LogP contribution in [0.5, 0.6) is 0 Å². The Balaban J connectivity index is 1.70. The predicted octanol–water partition coefficient (Wildman–Crippen LogP) is 3.78. The summed E-state index contributed by atoms with van der Waals surface area (Å²) in [5.74, 6) is -0.441. The summed E-state index contributed by atoms with van der Waals surface area (Å²) in [7, 11) is 0. The minimum atomic E-state index is -1.06. The fourth-order valence-corrected chi connectivity index (χ4v) is 4.08. The quantitative estimate of drug-likeness (QED) is 0.775. The molecule has 29 heavy (non-hydrogen) atoms. The highest BCUT2D eigenvalue weighted by Gasteiger charge is 2.30. The molecule has 1 aliphatic heterocycles. The maximum Gasteiger partial charge on any atom is 0.329 e. The molecule has 0 radical (unpaired) electrons. The van der Waals surface area contributed by atoms with Crippen LogP contribution in [0.15, 0.2) is 48.5 Å². The summed E-state index contributed by atoms with van der Waals surface area (Å²) in [5.41, 5.74) is 5.12. The van der Waals surface area contributed by atoms with Crippen molar-refractivity contribution in [2.75, 3.05) is 26.3 Å². The Morgan fingerprint density at radius 3 is 1.86 bits per heavy atom. The van der Waals surface area contributed by atoms with Gasteiger partial charge in [0.1, 0.15) is 13.2 Å². The van der Waals surface area contributed by atoms with Gasteiger partial charge in [-0.2, -0.15) is 0 Å². The zero-order chi connectivity index (χ0) is 20.8. The average molecular weight is 395 g/mol. The Labute approximate surface area is 172 Å². The van der Waals surface area contributed by atoms with Crippen LogP contribution in [0.2, 0.25) is 0 Å². The summed E-state index contributed by atoms with van der Waals surface area (Å²) in [6.45, 7) is 4.94. The molecule has 1 saturated heterocycles. The van der Waals surface area contributed by atoms with Crippen molar-refractivity contribution < 1.29 is 19.4 Å². The maximum atomic E-state index is 12.3. The molecule has 2 aromatic rings. The van der Waals surface area contributed by atoms with Gasteiger partial charge in [0, 0.05) is 19.0 Å². The first-order valence-corrected chi connectivity index (χ1v) is 10.1. The van der Waals surface area contributed by atoms with Crippen molar-refractivity contribution in [2.24, 2.45) is 5.92 Å². The van der Waals surface area contributed by atoms with Gasteiger partial charge in [0.05, 0.1) is 0 Å². The number of aliphatic carboxylic acids is 1. The van der Waals surface area contributed by atoms with Gasteiger partial charge < -0.3 is 14.7 Å². The van der Waals surface area contributed by atoms with E-state index in [1.165, 1.54) is 22.3 Å². The summed E-state index contributed by atoms with van der Waals surface area (Å²) < 4.78 is 4.95. The Bertz CT molecular complexity index is 775. The molecule has 5 nitrogen and oxygen atoms in total. The smallest absolute Gasteiger partial charge is 0.329 e. The van der Waals surface area contributed by atoms with Crippen LogP contribution in [0.3, 0.4) is 0 Å². The largest absolute Gasteiger partial charge is 0.480 e. The van der Waals surface area contributed by atoms with E-state index in [0.29, 0.717) is 24.9 Å². The number of carboxylic acids is 1. The summed E-state index contributed by atoms with van der Waals surface area (Å²) in [6.07, 6.45) is 1.83. The van der Waals surface area contributed by atoms with E-state index in [2.05, 4.69) is 62.4 Å². The molecule has 1 heterocycles. The zero-order valence-corrected chi connectivity index (χ0v) is 17.1. The first kappa shape index (κ1) is 21.1. The van der Waals surface area contributed by atoms with Gasteiger partial charge in [0.15, 0.2) is 0 Å². The summed E-state index contributed by atoms with van der Waals surface area (Å²) in [4.78, 5) is 24.6. The standard InChI is InChI=1S/C24H29NO4/c1-17-3-7-19(8-4-17)24(20-9-5-18(2)6-10-20)21-11-13-25(14-12-21)22(26)15-29-16-23(27)28/h3-10,21,24H,11-16H2,1-2H3,(H,27,28). The molecule has 1 amide bonds. The molecular weight excluding hydrogens is 366 g/mol. The lowest BCUT2D eigenvalue weighted by molar-refractivity contribution is -0.146. The number of carboxylic acid groups (broad SMARTS) is 1. The SMILES string of the molecule is Cc1ccc(C(c2ccc(C)cc2)C2CCN(C(=O)COCC(=O)O)CC2)cc1. The summed E-state index contributed by atoms with van der Waals surface area (Å²) in [5, 5.41) is 8.63. The molecule has 1 N–H and O–H groups in total. The molecule has 154 valence electrons. The molecule has 2 aromatic carbocycles. The molecule has 0 bridgehead atoms. The van der Waals surface area contributed by atoms with E-state index >= 15 is 0 Å². The third kappa shape index (κ3) is 5.67. The number of amides is 1. The Hall–Kier alpha value is -2.66. The Morgan fingerprint density at radius 2 is 1.41 bits per heavy atom. The van der Waals surface area contributed by atoms with Crippen LogP contribution in [-0.2, 0) is 14.3 Å². The third-order valence-corrected chi connectivity index (χ3v) is 5.69. The number of ether oxygens (including phenoxy) is 1. The highest BCUT2D eigenvalue weighted by Crippen LogP contribution is 2.38. The van der Waals surface area contributed by atoms with Crippen LogP contribution in [-0.4, -0.2) is 48.2 Å². The van der Waals surface area contributed by atoms with Crippen molar-refractivity contribution in [2.45, 2.75) is 32.6 Å². The molecule has 0 aromatic heterocycles. The average Bonchev–Trinajstić information content (AvgIpc) is 2.71. The third-order valence-electron chi connectivity index (χ3n) is 5.69. The number of carbonyl (C=O) groups excluding carboxylic acids is 1. The first-order valence-electron chi connectivity index (χ1n) is 10.1. The van der Waals surface area contributed by atoms with E-state index in [0.717, 1.165) is 12.8 Å². The number of likely N-dealkylation sites (tertiary alicyclic amines) is 1. The molecule has 3 rings (SSSR count). The summed E-state index contributed by atoms with van der Waals surface area (Å²) >= 11 is 0. The van der Waals surface area contributed by atoms with Crippen molar-refractivity contribution >= 4 is 11.9 Å². The van der Waals surface area contributed by atoms with Crippen LogP contribution < -0.4 is 0 Å². The van der Waals surface area contributed by atoms with Gasteiger partial charge in [-0.05, 0) is 43.7 Å². The number of rotatable bonds is 7. The van der Waals surface area contributed by atoms with Gasteiger partial charge in [0.2, 0.25) is 5.91 Å². The van der Waals surface area contributed by atoms with Crippen LogP contribution in [0.25, 0.3) is 0 Å². The Kier molecular flexibility index (Phi) is 7.04. The molecule has 0 saturated carbocycles. The Morgan fingerprint density at radius 1 is 0.931 bits per heavy atom. The fourth-order valence-electron chi connectivity index (χ4n) is 4.08. The van der Waals surface area contributed by atoms with E-state index in [-0.39, 0.29) is 12.5 Å². The lowest BCUT2D eigenvalue weighted by atomic mass is 9.76. The van der Waals surface area contributed by atoms with E-state index in [4.69, 9.17) is 9.84 Å². The topological polar surface area (TPSA) is 66.8 Å². The number of aryl methyl sites for hydroxylation is 2. The highest BCUT2D eigenvalue weighted by atomic mass is 16.5. The van der Waals surface area contributed by atoms with Gasteiger partial charge in [-0.15, -0.1) is 0 Å². The molecule has 1 aliphatic rings. The van der Waals surface area contributed by atoms with Crippen molar-refractivity contribution in [1.82, 2.24) is 4.90 Å². The van der Waals surface area contributed by atoms with Gasteiger partial charge in [-0.3, -0.25) is 4.79 Å². The lowest BCUT2D eigenvalue weighted by Gasteiger charge is -2.36. The van der Waals surface area contributed by atoms with Crippen LogP contribution >= 0.6 is 0 Å². The second kappa shape index (κ2) is 9.70. The molecular formula is C24H29NO4. The molecule has 0 atom stereocenters. The number of hydrogen-bond acceptors (Lipinski definition) is 3. The van der Waals surface area contributed by atoms with Crippen molar-refractivity contribution in [3.8, 4) is 0 Å². The maximum absolute atomic E-state index is 12.3. The second-order valence-corrected chi connectivity index (χ2v) is 7.90. The fraction of sp³-hybridized carbons (Fsp3) is 0.417. The van der Waals surface area contributed by atoms with E-state index in [9.17, 15) is 9.59 Å². The monoisotopic (exact) mass is 395 g/mol. The van der Waals surface area contributed by atoms with Gasteiger partial charge in [0.25, 0.3) is 0 Å². The summed E-state index contributed by atoms with van der Waals surface area (Å²) in [6, 6.07) is 17.5. The molecule has 1 fully saturated rings. The van der Waals surface area contributed by atoms with Crippen LogP contribution in [0.4, 0.5) is 0 Å². The number of benzene rings is 2. The second-order valence-electron chi connectivity index (χ2n) is 7.90. The van der Waals surface area contributed by atoms with Crippen molar-refractivity contribution in [3.63, 3.8) is 0 Å². The minimum absolute atomic E-state index is 0.132. The van der Waals surface area contributed by atoms with E-state index in [1.54, 1.807) is 4.90 Å². The van der Waals surface area contributed by atoms with Gasteiger partial charge in [-0.25, -0.2) is 4.79 Å². The lowest BCUT2D eigenvalue weighted by Crippen LogP contribution is -2.41. The molecule has 0 unspecified atom stereocenters. The first-order chi connectivity index (χ1) is 13.9. The van der Waals surface area contributed by atoms with Crippen LogP contribution in [0.1, 0.15) is 41.0 Å². The van der Waals surface area contributed by atoms with Gasteiger partial charge in [-0.1, -0.05) is 59.7 Å². The number of nitrogens with zero attached hydrogens (tertiary/aromatic N) is 1. The van der Waals surface area contributed by atoms with E-state index < -0.39 is 12.6 Å². The normalized spacial score (nSPS) is 14.9. The van der Waals surface area contributed by atoms with Crippen LogP contribution in [0, 0.1) is 19.8 Å². The van der Waals surface area contributed by atoms with Crippen molar-refractivity contribution in [1.29, 1.82) is 0 Å². The van der Waals surface area contributed by atoms with Crippen molar-refractivity contribution in [3.05, 3.63) is 70.8 Å². The zero-order valence-electron chi connectivity index (χ0n) is 17.1. The number of hydrogen-bond donors (Lipinski definition) is 1. The molecule has 0 spiro atoms. The predicted molar refractivity (Wildman–Crippen MR) is 112 cm³/mol. The number of piperidine rings is 1. The highest BCUT2D eigenvalue weighted by molar-refractivity contribution is 5.78. The molecule has 0 aliphatic carbocycles. The van der Waals surface area contributed by atoms with Gasteiger partial charge >= 0.3 is 5.97 Å². The van der Waals surface area contributed by atoms with E-state index in [1.807, 2.05) is 0 Å².